The van der Waals surface area contributed by atoms with Gasteiger partial charge in [0.05, 0.1) is 0 Å². The minimum atomic E-state index is 0.351. The maximum atomic E-state index is 11.4. The molecular weight excluding hydrogens is 178 g/mol. The Hall–Kier alpha value is -0.860. The molecule has 1 heterocycles. The van der Waals surface area contributed by atoms with Crippen LogP contribution < -0.4 is 0 Å². The highest BCUT2D eigenvalue weighted by atomic mass is 16.2. The molecule has 0 aromatic rings. The van der Waals surface area contributed by atoms with Gasteiger partial charge in [-0.3, -0.25) is 4.79 Å². The molecule has 1 amide bonds. The summed E-state index contributed by atoms with van der Waals surface area (Å²) in [5, 5.41) is 0. The highest BCUT2D eigenvalue weighted by molar-refractivity contribution is 5.76. The van der Waals surface area contributed by atoms with Crippen LogP contribution >= 0.6 is 0 Å². The fourth-order valence-electron chi connectivity index (χ4n) is 1.63. The van der Waals surface area contributed by atoms with Crippen molar-refractivity contribution in [2.24, 2.45) is 5.92 Å². The Morgan fingerprint density at radius 1 is 1.36 bits per heavy atom. The number of piperidine rings is 1. The van der Waals surface area contributed by atoms with E-state index in [9.17, 15) is 4.79 Å². The summed E-state index contributed by atoms with van der Waals surface area (Å²) in [4.78, 5) is 21.4. The smallest absolute Gasteiger partial charge is 0.222 e. The van der Waals surface area contributed by atoms with Crippen molar-refractivity contribution in [1.29, 1.82) is 0 Å². The van der Waals surface area contributed by atoms with Crippen LogP contribution in [0.15, 0.2) is 0 Å². The molecule has 0 bridgehead atoms. The predicted octanol–water partition coefficient (Wildman–Crippen LogP) is 1.86. The molecule has 3 nitrogen and oxygen atoms in total. The van der Waals surface area contributed by atoms with E-state index in [4.69, 9.17) is 4.79 Å². The molecule has 0 aromatic carbocycles. The summed E-state index contributed by atoms with van der Waals surface area (Å²) in [6, 6.07) is 0. The van der Waals surface area contributed by atoms with Crippen molar-refractivity contribution in [3.8, 4) is 0 Å². The minimum absolute atomic E-state index is 0.351. The molecule has 0 saturated carbocycles. The van der Waals surface area contributed by atoms with Crippen LogP contribution in [-0.4, -0.2) is 30.7 Å². The van der Waals surface area contributed by atoms with Gasteiger partial charge in [-0.25, -0.2) is 0 Å². The molecule has 14 heavy (non-hydrogen) atoms. The molecule has 1 saturated heterocycles. The Kier molecular flexibility index (Phi) is 7.07. The second kappa shape index (κ2) is 7.54. The molecule has 0 atom stereocenters. The second-order valence-corrected chi connectivity index (χ2v) is 3.81. The van der Waals surface area contributed by atoms with Crippen LogP contribution in [0.4, 0.5) is 0 Å². The van der Waals surface area contributed by atoms with E-state index >= 15 is 0 Å². The van der Waals surface area contributed by atoms with E-state index in [1.54, 1.807) is 0 Å². The molecule has 82 valence electrons. The van der Waals surface area contributed by atoms with E-state index in [-0.39, 0.29) is 0 Å². The summed E-state index contributed by atoms with van der Waals surface area (Å²) in [7, 11) is 0. The topological polar surface area (TPSA) is 37.4 Å². The summed E-state index contributed by atoms with van der Waals surface area (Å²) in [5.74, 6) is 1.17. The summed E-state index contributed by atoms with van der Waals surface area (Å²) in [6.45, 7) is 8.30. The standard InChI is InChI=1S/C10H19NO.CH2O/c1-3-4-10(12)11-7-5-9(2)6-8-11;1-2/h9H,3-8H2,1-2H3;1H2. The third kappa shape index (κ3) is 4.40. The second-order valence-electron chi connectivity index (χ2n) is 3.81. The van der Waals surface area contributed by atoms with Crippen LogP contribution in [0.2, 0.25) is 0 Å². The van der Waals surface area contributed by atoms with Gasteiger partial charge in [-0.1, -0.05) is 13.8 Å². The summed E-state index contributed by atoms with van der Waals surface area (Å²) in [5.41, 5.74) is 0. The Morgan fingerprint density at radius 2 is 1.86 bits per heavy atom. The van der Waals surface area contributed by atoms with E-state index in [1.807, 2.05) is 11.7 Å². The SMILES string of the molecule is C=O.CCCC(=O)N1CCC(C)CC1. The number of likely N-dealkylation sites (tertiary alicyclic amines) is 1. The van der Waals surface area contributed by atoms with Gasteiger partial charge >= 0.3 is 0 Å². The fraction of sp³-hybridized carbons (Fsp3) is 0.818. The summed E-state index contributed by atoms with van der Waals surface area (Å²) in [6.07, 6.45) is 4.09. The molecule has 1 aliphatic rings. The first-order valence-electron chi connectivity index (χ1n) is 5.30. The predicted molar refractivity (Wildman–Crippen MR) is 57.0 cm³/mol. The molecule has 1 rings (SSSR count). The number of carbonyl (C=O) groups excluding carboxylic acids is 2. The number of carbonyl (C=O) groups is 2. The fourth-order valence-corrected chi connectivity index (χ4v) is 1.63. The first kappa shape index (κ1) is 13.1. The highest BCUT2D eigenvalue weighted by Crippen LogP contribution is 2.16. The lowest BCUT2D eigenvalue weighted by Crippen LogP contribution is -2.37. The van der Waals surface area contributed by atoms with Crippen LogP contribution in [0, 0.1) is 5.92 Å². The van der Waals surface area contributed by atoms with Crippen molar-refractivity contribution < 1.29 is 9.59 Å². The molecule has 0 radical (unpaired) electrons. The number of amides is 1. The van der Waals surface area contributed by atoms with Gasteiger partial charge < -0.3 is 9.69 Å². The van der Waals surface area contributed by atoms with Crippen LogP contribution in [0.5, 0.6) is 0 Å². The minimum Gasteiger partial charge on any atom is -0.343 e. The van der Waals surface area contributed by atoms with Crippen LogP contribution in [0.1, 0.15) is 39.5 Å². The van der Waals surface area contributed by atoms with Crippen LogP contribution in [-0.2, 0) is 9.59 Å². The molecule has 1 aliphatic heterocycles. The van der Waals surface area contributed by atoms with Gasteiger partial charge in [0.15, 0.2) is 0 Å². The Labute approximate surface area is 86.5 Å². The van der Waals surface area contributed by atoms with E-state index in [0.29, 0.717) is 5.91 Å². The van der Waals surface area contributed by atoms with E-state index in [2.05, 4.69) is 13.8 Å². The van der Waals surface area contributed by atoms with Crippen molar-refractivity contribution in [2.45, 2.75) is 39.5 Å². The Morgan fingerprint density at radius 3 is 2.29 bits per heavy atom. The lowest BCUT2D eigenvalue weighted by atomic mass is 9.99. The van der Waals surface area contributed by atoms with Gasteiger partial charge in [-0.15, -0.1) is 0 Å². The van der Waals surface area contributed by atoms with E-state index < -0.39 is 0 Å². The van der Waals surface area contributed by atoms with Gasteiger partial charge in [0, 0.05) is 19.5 Å². The van der Waals surface area contributed by atoms with Crippen molar-refractivity contribution >= 4 is 12.7 Å². The average molecular weight is 199 g/mol. The first-order valence-corrected chi connectivity index (χ1v) is 5.30. The van der Waals surface area contributed by atoms with Crippen molar-refractivity contribution in [3.05, 3.63) is 0 Å². The first-order chi connectivity index (χ1) is 6.74. The molecule has 0 N–H and O–H groups in total. The molecule has 0 spiro atoms. The van der Waals surface area contributed by atoms with Gasteiger partial charge in [-0.05, 0) is 25.2 Å². The lowest BCUT2D eigenvalue weighted by Gasteiger charge is -2.30. The van der Waals surface area contributed by atoms with Crippen molar-refractivity contribution in [2.75, 3.05) is 13.1 Å². The zero-order valence-corrected chi connectivity index (χ0v) is 9.29. The zero-order valence-electron chi connectivity index (χ0n) is 9.29. The number of rotatable bonds is 2. The normalized spacial score (nSPS) is 17.1. The van der Waals surface area contributed by atoms with Gasteiger partial charge in [0.25, 0.3) is 0 Å². The number of hydrogen-bond donors (Lipinski definition) is 0. The number of hydrogen-bond acceptors (Lipinski definition) is 2. The van der Waals surface area contributed by atoms with Crippen molar-refractivity contribution in [1.82, 2.24) is 4.90 Å². The molecular formula is C11H21NO2. The largest absolute Gasteiger partial charge is 0.343 e. The molecule has 3 heteroatoms. The van der Waals surface area contributed by atoms with Crippen molar-refractivity contribution in [3.63, 3.8) is 0 Å². The van der Waals surface area contributed by atoms with Crippen LogP contribution in [0.25, 0.3) is 0 Å². The maximum absolute atomic E-state index is 11.4. The third-order valence-electron chi connectivity index (χ3n) is 2.60. The Bertz CT molecular complexity index is 163. The van der Waals surface area contributed by atoms with Gasteiger partial charge in [0.2, 0.25) is 5.91 Å². The zero-order chi connectivity index (χ0) is 11.0. The highest BCUT2D eigenvalue weighted by Gasteiger charge is 2.18. The Balaban J connectivity index is 0.000000791. The van der Waals surface area contributed by atoms with Gasteiger partial charge in [-0.2, -0.15) is 0 Å². The van der Waals surface area contributed by atoms with Crippen LogP contribution in [0.3, 0.4) is 0 Å². The van der Waals surface area contributed by atoms with E-state index in [1.165, 1.54) is 12.8 Å². The quantitative estimate of drug-likeness (QED) is 0.680. The molecule has 0 aliphatic carbocycles. The molecule has 0 unspecified atom stereocenters. The third-order valence-corrected chi connectivity index (χ3v) is 2.60. The van der Waals surface area contributed by atoms with E-state index in [0.717, 1.165) is 31.8 Å². The average Bonchev–Trinajstić information content (AvgIpc) is 2.22. The molecule has 0 aromatic heterocycles. The summed E-state index contributed by atoms with van der Waals surface area (Å²) < 4.78 is 0. The monoisotopic (exact) mass is 199 g/mol. The molecule has 1 fully saturated rings. The van der Waals surface area contributed by atoms with Gasteiger partial charge in [0.1, 0.15) is 6.79 Å². The number of nitrogens with zero attached hydrogens (tertiary/aromatic N) is 1. The lowest BCUT2D eigenvalue weighted by molar-refractivity contribution is -0.132. The maximum Gasteiger partial charge on any atom is 0.222 e. The summed E-state index contributed by atoms with van der Waals surface area (Å²) >= 11 is 0.